The minimum absolute atomic E-state index is 0.0619. The van der Waals surface area contributed by atoms with Gasteiger partial charge in [0.2, 0.25) is 0 Å². The van der Waals surface area contributed by atoms with Crippen LogP contribution < -0.4 is 0 Å². The number of H-pyrrole nitrogens is 1. The standard InChI is InChI=1S/C8H7N3O2S/c12-11(13)5-1-2-6-7(3-5)10-8(4-14)9-6/h1-3,14H,4H2,(H,9,10). The van der Waals surface area contributed by atoms with E-state index in [4.69, 9.17) is 0 Å². The van der Waals surface area contributed by atoms with E-state index in [9.17, 15) is 10.1 Å². The summed E-state index contributed by atoms with van der Waals surface area (Å²) < 4.78 is 0. The largest absolute Gasteiger partial charge is 0.341 e. The topological polar surface area (TPSA) is 71.8 Å². The smallest absolute Gasteiger partial charge is 0.271 e. The minimum Gasteiger partial charge on any atom is -0.341 e. The van der Waals surface area contributed by atoms with Gasteiger partial charge in [-0.15, -0.1) is 0 Å². The highest BCUT2D eigenvalue weighted by Gasteiger charge is 2.08. The summed E-state index contributed by atoms with van der Waals surface area (Å²) in [7, 11) is 0. The first kappa shape index (κ1) is 9.01. The van der Waals surface area contributed by atoms with Crippen LogP contribution in [0.15, 0.2) is 18.2 Å². The van der Waals surface area contributed by atoms with Crippen molar-refractivity contribution in [1.82, 2.24) is 9.97 Å². The van der Waals surface area contributed by atoms with Crippen LogP contribution in [0.25, 0.3) is 11.0 Å². The molecule has 0 unspecified atom stereocenters. The van der Waals surface area contributed by atoms with Crippen molar-refractivity contribution < 1.29 is 4.92 Å². The first-order chi connectivity index (χ1) is 6.70. The Balaban J connectivity index is 2.59. The monoisotopic (exact) mass is 209 g/mol. The fourth-order valence-corrected chi connectivity index (χ4v) is 1.39. The summed E-state index contributed by atoms with van der Waals surface area (Å²) in [5.74, 6) is 1.20. The van der Waals surface area contributed by atoms with Crippen LogP contribution in [0.5, 0.6) is 0 Å². The van der Waals surface area contributed by atoms with Crippen molar-refractivity contribution in [2.75, 3.05) is 0 Å². The van der Waals surface area contributed by atoms with Gasteiger partial charge in [0, 0.05) is 17.9 Å². The molecule has 1 heterocycles. The normalized spacial score (nSPS) is 10.6. The Hall–Kier alpha value is -1.56. The molecule has 0 fully saturated rings. The number of rotatable bonds is 2. The molecular weight excluding hydrogens is 202 g/mol. The van der Waals surface area contributed by atoms with E-state index in [2.05, 4.69) is 22.6 Å². The SMILES string of the molecule is O=[N+]([O-])c1ccc2nc(CS)[nH]c2c1. The molecule has 14 heavy (non-hydrogen) atoms. The van der Waals surface area contributed by atoms with Crippen molar-refractivity contribution in [3.63, 3.8) is 0 Å². The van der Waals surface area contributed by atoms with Crippen molar-refractivity contribution >= 4 is 29.3 Å². The number of hydrogen-bond acceptors (Lipinski definition) is 4. The highest BCUT2D eigenvalue weighted by molar-refractivity contribution is 7.79. The van der Waals surface area contributed by atoms with Crippen molar-refractivity contribution in [3.8, 4) is 0 Å². The Morgan fingerprint density at radius 3 is 3.00 bits per heavy atom. The summed E-state index contributed by atoms with van der Waals surface area (Å²) in [5, 5.41) is 10.5. The third-order valence-corrected chi connectivity index (χ3v) is 2.17. The molecule has 0 bridgehead atoms. The van der Waals surface area contributed by atoms with Crippen molar-refractivity contribution in [2.24, 2.45) is 0 Å². The van der Waals surface area contributed by atoms with Crippen LogP contribution >= 0.6 is 12.6 Å². The number of benzene rings is 1. The van der Waals surface area contributed by atoms with E-state index in [1.807, 2.05) is 0 Å². The van der Waals surface area contributed by atoms with Gasteiger partial charge in [0.05, 0.1) is 16.0 Å². The number of thiol groups is 1. The Morgan fingerprint density at radius 1 is 1.57 bits per heavy atom. The number of aromatic amines is 1. The molecule has 72 valence electrons. The maximum absolute atomic E-state index is 10.5. The molecule has 0 spiro atoms. The van der Waals surface area contributed by atoms with Crippen LogP contribution in [0, 0.1) is 10.1 Å². The van der Waals surface area contributed by atoms with Gasteiger partial charge in [0.25, 0.3) is 5.69 Å². The predicted octanol–water partition coefficient (Wildman–Crippen LogP) is 1.90. The van der Waals surface area contributed by atoms with E-state index in [1.54, 1.807) is 6.07 Å². The predicted molar refractivity (Wildman–Crippen MR) is 55.4 cm³/mol. The molecule has 1 aromatic carbocycles. The Kier molecular flexibility index (Phi) is 2.12. The maximum atomic E-state index is 10.5. The highest BCUT2D eigenvalue weighted by Crippen LogP contribution is 2.19. The number of non-ortho nitro benzene ring substituents is 1. The van der Waals surface area contributed by atoms with Crippen LogP contribution in [0.3, 0.4) is 0 Å². The molecule has 0 aliphatic carbocycles. The van der Waals surface area contributed by atoms with Crippen molar-refractivity contribution in [1.29, 1.82) is 0 Å². The van der Waals surface area contributed by atoms with E-state index in [1.165, 1.54) is 12.1 Å². The van der Waals surface area contributed by atoms with Crippen molar-refractivity contribution in [2.45, 2.75) is 5.75 Å². The van der Waals surface area contributed by atoms with Crippen LogP contribution in [0.4, 0.5) is 5.69 Å². The Morgan fingerprint density at radius 2 is 2.36 bits per heavy atom. The lowest BCUT2D eigenvalue weighted by molar-refractivity contribution is -0.384. The van der Waals surface area contributed by atoms with E-state index >= 15 is 0 Å². The third-order valence-electron chi connectivity index (χ3n) is 1.88. The number of aromatic nitrogens is 2. The number of nitro groups is 1. The van der Waals surface area contributed by atoms with Gasteiger partial charge in [-0.05, 0) is 6.07 Å². The van der Waals surface area contributed by atoms with Gasteiger partial charge in [-0.2, -0.15) is 12.6 Å². The summed E-state index contributed by atoms with van der Waals surface area (Å²) in [4.78, 5) is 17.2. The van der Waals surface area contributed by atoms with Crippen LogP contribution in [-0.4, -0.2) is 14.9 Å². The molecule has 6 heteroatoms. The van der Waals surface area contributed by atoms with E-state index in [0.717, 1.165) is 5.52 Å². The molecule has 2 aromatic rings. The summed E-state index contributed by atoms with van der Waals surface area (Å²) in [5.41, 5.74) is 1.45. The molecule has 0 aliphatic heterocycles. The van der Waals surface area contributed by atoms with Gasteiger partial charge in [0.1, 0.15) is 5.82 Å². The fourth-order valence-electron chi connectivity index (χ4n) is 1.24. The number of hydrogen-bond donors (Lipinski definition) is 2. The third kappa shape index (κ3) is 1.44. The quantitative estimate of drug-likeness (QED) is 0.450. The zero-order valence-corrected chi connectivity index (χ0v) is 7.99. The average Bonchev–Trinajstić information content (AvgIpc) is 2.58. The summed E-state index contributed by atoms with van der Waals surface area (Å²) in [6.45, 7) is 0. The van der Waals surface area contributed by atoms with Crippen molar-refractivity contribution in [3.05, 3.63) is 34.1 Å². The number of nitrogens with zero attached hydrogens (tertiary/aromatic N) is 2. The Bertz CT molecular complexity index is 494. The molecule has 0 saturated carbocycles. The Labute approximate surface area is 84.7 Å². The number of nitrogens with one attached hydrogen (secondary N) is 1. The summed E-state index contributed by atoms with van der Waals surface area (Å²) in [6, 6.07) is 4.53. The molecular formula is C8H7N3O2S. The van der Waals surface area contributed by atoms with Crippen LogP contribution in [0.2, 0.25) is 0 Å². The zero-order chi connectivity index (χ0) is 10.1. The first-order valence-electron chi connectivity index (χ1n) is 3.94. The lowest BCUT2D eigenvalue weighted by Crippen LogP contribution is -1.86. The zero-order valence-electron chi connectivity index (χ0n) is 7.10. The second kappa shape index (κ2) is 3.30. The molecule has 0 atom stereocenters. The number of nitro benzene ring substituents is 1. The number of imidazole rings is 1. The lowest BCUT2D eigenvalue weighted by Gasteiger charge is -1.89. The molecule has 0 radical (unpaired) electrons. The molecule has 1 aromatic heterocycles. The highest BCUT2D eigenvalue weighted by atomic mass is 32.1. The molecule has 1 N–H and O–H groups in total. The van der Waals surface area contributed by atoms with Gasteiger partial charge in [-0.3, -0.25) is 10.1 Å². The van der Waals surface area contributed by atoms with Gasteiger partial charge in [0.15, 0.2) is 0 Å². The van der Waals surface area contributed by atoms with E-state index in [-0.39, 0.29) is 5.69 Å². The van der Waals surface area contributed by atoms with Gasteiger partial charge in [-0.1, -0.05) is 0 Å². The summed E-state index contributed by atoms with van der Waals surface area (Å²) in [6.07, 6.45) is 0. The molecule has 0 saturated heterocycles. The van der Waals surface area contributed by atoms with Crippen LogP contribution in [0.1, 0.15) is 5.82 Å². The maximum Gasteiger partial charge on any atom is 0.271 e. The fraction of sp³-hybridized carbons (Fsp3) is 0.125. The van der Waals surface area contributed by atoms with E-state index in [0.29, 0.717) is 17.1 Å². The molecule has 0 amide bonds. The molecule has 2 rings (SSSR count). The van der Waals surface area contributed by atoms with Gasteiger partial charge < -0.3 is 4.98 Å². The van der Waals surface area contributed by atoms with Gasteiger partial charge in [-0.25, -0.2) is 4.98 Å². The number of fused-ring (bicyclic) bond motifs is 1. The summed E-state index contributed by atoms with van der Waals surface area (Å²) >= 11 is 4.06. The van der Waals surface area contributed by atoms with Gasteiger partial charge >= 0.3 is 0 Å². The average molecular weight is 209 g/mol. The minimum atomic E-state index is -0.430. The molecule has 0 aliphatic rings. The second-order valence-electron chi connectivity index (χ2n) is 2.80. The molecule has 5 nitrogen and oxygen atoms in total. The first-order valence-corrected chi connectivity index (χ1v) is 4.58. The second-order valence-corrected chi connectivity index (χ2v) is 3.12. The van der Waals surface area contributed by atoms with E-state index < -0.39 is 4.92 Å². The van der Waals surface area contributed by atoms with Crippen LogP contribution in [-0.2, 0) is 5.75 Å². The lowest BCUT2D eigenvalue weighted by atomic mass is 10.3.